The van der Waals surface area contributed by atoms with Crippen LogP contribution in [0.25, 0.3) is 11.3 Å². The van der Waals surface area contributed by atoms with Gasteiger partial charge in [-0.25, -0.2) is 0 Å². The molecule has 0 unspecified atom stereocenters. The van der Waals surface area contributed by atoms with Gasteiger partial charge in [-0.2, -0.15) is 0 Å². The van der Waals surface area contributed by atoms with E-state index in [0.29, 0.717) is 11.3 Å². The van der Waals surface area contributed by atoms with Crippen LogP contribution in [-0.2, 0) is 0 Å². The van der Waals surface area contributed by atoms with Crippen LogP contribution in [0.15, 0.2) is 34.9 Å². The lowest BCUT2D eigenvalue weighted by atomic mass is 10.0. The number of hydrogen-bond acceptors (Lipinski definition) is 4. The van der Waals surface area contributed by atoms with Crippen molar-refractivity contribution in [3.63, 3.8) is 0 Å². The first-order valence-electron chi connectivity index (χ1n) is 6.54. The molecule has 0 radical (unpaired) electrons. The minimum Gasteiger partial charge on any atom is -0.385 e. The summed E-state index contributed by atoms with van der Waals surface area (Å²) < 4.78 is 5.15. The summed E-state index contributed by atoms with van der Waals surface area (Å²) in [6, 6.07) is 9.27. The Kier molecular flexibility index (Phi) is 4.20. The monoisotopic (exact) mass is 274 g/mol. The number of benzene rings is 1. The number of aliphatic hydroxyl groups is 1. The van der Waals surface area contributed by atoms with Gasteiger partial charge in [0.05, 0.1) is 0 Å². The number of nitrogens with one attached hydrogen (secondary N) is 1. The molecule has 1 heterocycles. The summed E-state index contributed by atoms with van der Waals surface area (Å²) in [6.07, 6.45) is -0.895. The average molecular weight is 274 g/mol. The van der Waals surface area contributed by atoms with E-state index in [1.807, 2.05) is 44.2 Å². The molecule has 5 heteroatoms. The van der Waals surface area contributed by atoms with Crippen molar-refractivity contribution in [3.05, 3.63) is 41.7 Å². The number of hydrogen-bond donors (Lipinski definition) is 2. The Morgan fingerprint density at radius 1 is 1.25 bits per heavy atom. The van der Waals surface area contributed by atoms with Gasteiger partial charge >= 0.3 is 0 Å². The van der Waals surface area contributed by atoms with Crippen molar-refractivity contribution in [2.24, 2.45) is 0 Å². The smallest absolute Gasteiger partial charge is 0.257 e. The second-order valence-corrected chi connectivity index (χ2v) is 4.94. The molecule has 1 atom stereocenters. The predicted octanol–water partition coefficient (Wildman–Crippen LogP) is 2.53. The molecule has 0 fully saturated rings. The molecule has 1 aromatic carbocycles. The second-order valence-electron chi connectivity index (χ2n) is 4.94. The fourth-order valence-corrected chi connectivity index (χ4v) is 1.93. The van der Waals surface area contributed by atoms with Gasteiger partial charge in [0.2, 0.25) is 0 Å². The molecular weight excluding hydrogens is 256 g/mol. The van der Waals surface area contributed by atoms with Gasteiger partial charge < -0.3 is 14.9 Å². The van der Waals surface area contributed by atoms with Gasteiger partial charge in [0, 0.05) is 11.6 Å². The molecule has 5 nitrogen and oxygen atoms in total. The molecule has 1 aromatic heterocycles. The van der Waals surface area contributed by atoms with E-state index in [1.54, 1.807) is 6.92 Å². The van der Waals surface area contributed by atoms with E-state index in [-0.39, 0.29) is 17.7 Å². The molecule has 0 aliphatic carbocycles. The minimum absolute atomic E-state index is 0.0112. The van der Waals surface area contributed by atoms with Gasteiger partial charge in [0.25, 0.3) is 5.91 Å². The van der Waals surface area contributed by atoms with Crippen LogP contribution < -0.4 is 5.32 Å². The van der Waals surface area contributed by atoms with Gasteiger partial charge in [-0.1, -0.05) is 35.5 Å². The number of rotatable bonds is 4. The summed E-state index contributed by atoms with van der Waals surface area (Å²) in [5, 5.41) is 16.5. The maximum atomic E-state index is 12.3. The number of aromatic nitrogens is 1. The third-order valence-corrected chi connectivity index (χ3v) is 2.79. The van der Waals surface area contributed by atoms with Crippen LogP contribution in [0.2, 0.25) is 0 Å². The Bertz CT molecular complexity index is 588. The molecule has 2 rings (SSSR count). The Balaban J connectivity index is 2.51. The molecule has 2 aromatic rings. The molecule has 0 aliphatic rings. The van der Waals surface area contributed by atoms with E-state index < -0.39 is 6.10 Å². The summed E-state index contributed by atoms with van der Waals surface area (Å²) >= 11 is 0. The zero-order valence-electron chi connectivity index (χ0n) is 11.8. The first-order chi connectivity index (χ1) is 9.50. The van der Waals surface area contributed by atoms with E-state index in [0.717, 1.165) is 5.56 Å². The highest BCUT2D eigenvalue weighted by molar-refractivity contribution is 6.01. The van der Waals surface area contributed by atoms with Crippen LogP contribution in [0, 0.1) is 0 Å². The third-order valence-electron chi connectivity index (χ3n) is 2.79. The van der Waals surface area contributed by atoms with Gasteiger partial charge in [-0.3, -0.25) is 4.79 Å². The summed E-state index contributed by atoms with van der Waals surface area (Å²) in [5.41, 5.74) is 1.51. The Hall–Kier alpha value is -2.14. The number of amides is 1. The van der Waals surface area contributed by atoms with Gasteiger partial charge in [0.1, 0.15) is 17.4 Å². The molecule has 0 saturated carbocycles. The molecule has 0 bridgehead atoms. The zero-order valence-corrected chi connectivity index (χ0v) is 11.8. The van der Waals surface area contributed by atoms with Gasteiger partial charge in [-0.15, -0.1) is 0 Å². The van der Waals surface area contributed by atoms with Gasteiger partial charge in [0.15, 0.2) is 5.76 Å². The Labute approximate surface area is 117 Å². The SMILES string of the molecule is CC(C)NC(=O)c1c(-c2ccccc2)noc1[C@H](C)O. The van der Waals surface area contributed by atoms with Crippen molar-refractivity contribution in [1.29, 1.82) is 0 Å². The maximum Gasteiger partial charge on any atom is 0.257 e. The fourth-order valence-electron chi connectivity index (χ4n) is 1.93. The number of aliphatic hydroxyl groups excluding tert-OH is 1. The molecule has 0 saturated heterocycles. The molecule has 20 heavy (non-hydrogen) atoms. The Morgan fingerprint density at radius 3 is 2.45 bits per heavy atom. The van der Waals surface area contributed by atoms with Crippen molar-refractivity contribution >= 4 is 5.91 Å². The second kappa shape index (κ2) is 5.88. The highest BCUT2D eigenvalue weighted by Crippen LogP contribution is 2.28. The van der Waals surface area contributed by atoms with Crippen LogP contribution in [-0.4, -0.2) is 22.2 Å². The Morgan fingerprint density at radius 2 is 1.90 bits per heavy atom. The van der Waals surface area contributed by atoms with Crippen LogP contribution in [0.4, 0.5) is 0 Å². The molecule has 0 spiro atoms. The van der Waals surface area contributed by atoms with Crippen molar-refractivity contribution in [3.8, 4) is 11.3 Å². The van der Waals surface area contributed by atoms with Crippen LogP contribution in [0.3, 0.4) is 0 Å². The first-order valence-corrected chi connectivity index (χ1v) is 6.54. The van der Waals surface area contributed by atoms with E-state index in [1.165, 1.54) is 0 Å². The quantitative estimate of drug-likeness (QED) is 0.898. The lowest BCUT2D eigenvalue weighted by Gasteiger charge is -2.10. The van der Waals surface area contributed by atoms with E-state index in [9.17, 15) is 9.90 Å². The highest BCUT2D eigenvalue weighted by Gasteiger charge is 2.26. The van der Waals surface area contributed by atoms with E-state index >= 15 is 0 Å². The lowest BCUT2D eigenvalue weighted by Crippen LogP contribution is -2.31. The number of carbonyl (C=O) groups is 1. The van der Waals surface area contributed by atoms with Crippen LogP contribution >= 0.6 is 0 Å². The topological polar surface area (TPSA) is 75.4 Å². The highest BCUT2D eigenvalue weighted by atomic mass is 16.5. The van der Waals surface area contributed by atoms with Crippen LogP contribution in [0.1, 0.15) is 43.0 Å². The van der Waals surface area contributed by atoms with E-state index in [4.69, 9.17) is 4.52 Å². The van der Waals surface area contributed by atoms with E-state index in [2.05, 4.69) is 10.5 Å². The van der Waals surface area contributed by atoms with Crippen molar-refractivity contribution in [2.75, 3.05) is 0 Å². The largest absolute Gasteiger partial charge is 0.385 e. The number of carbonyl (C=O) groups excluding carboxylic acids is 1. The third kappa shape index (κ3) is 2.88. The predicted molar refractivity (Wildman–Crippen MR) is 75.2 cm³/mol. The molecular formula is C15H18N2O3. The van der Waals surface area contributed by atoms with Crippen molar-refractivity contribution < 1.29 is 14.4 Å². The molecule has 1 amide bonds. The molecule has 2 N–H and O–H groups in total. The maximum absolute atomic E-state index is 12.3. The normalized spacial score (nSPS) is 12.4. The zero-order chi connectivity index (χ0) is 14.7. The first kappa shape index (κ1) is 14.3. The molecule has 106 valence electrons. The average Bonchev–Trinajstić information content (AvgIpc) is 2.83. The van der Waals surface area contributed by atoms with Crippen molar-refractivity contribution in [1.82, 2.24) is 10.5 Å². The minimum atomic E-state index is -0.895. The summed E-state index contributed by atoms with van der Waals surface area (Å²) in [5.74, 6) is -0.113. The summed E-state index contributed by atoms with van der Waals surface area (Å²) in [7, 11) is 0. The van der Waals surface area contributed by atoms with Gasteiger partial charge in [-0.05, 0) is 20.8 Å². The molecule has 0 aliphatic heterocycles. The van der Waals surface area contributed by atoms with Crippen molar-refractivity contribution in [2.45, 2.75) is 32.9 Å². The fraction of sp³-hybridized carbons (Fsp3) is 0.333. The summed E-state index contributed by atoms with van der Waals surface area (Å²) in [6.45, 7) is 5.28. The standard InChI is InChI=1S/C15H18N2O3/c1-9(2)16-15(19)12-13(11-7-5-4-6-8-11)17-20-14(12)10(3)18/h4-10,18H,1-3H3,(H,16,19)/t10-/m0/s1. The number of nitrogens with zero attached hydrogens (tertiary/aromatic N) is 1. The summed E-state index contributed by atoms with van der Waals surface area (Å²) in [4.78, 5) is 12.3. The van der Waals surface area contributed by atoms with Crippen LogP contribution in [0.5, 0.6) is 0 Å². The lowest BCUT2D eigenvalue weighted by molar-refractivity contribution is 0.0930.